The van der Waals surface area contributed by atoms with Crippen molar-refractivity contribution in [3.63, 3.8) is 0 Å². The summed E-state index contributed by atoms with van der Waals surface area (Å²) in [7, 11) is 0. The third-order valence-electron chi connectivity index (χ3n) is 1.50. The van der Waals surface area contributed by atoms with Crippen molar-refractivity contribution in [2.24, 2.45) is 0 Å². The van der Waals surface area contributed by atoms with Crippen LogP contribution in [0.5, 0.6) is 0 Å². The van der Waals surface area contributed by atoms with Crippen molar-refractivity contribution in [1.29, 1.82) is 5.39 Å². The van der Waals surface area contributed by atoms with Gasteiger partial charge in [-0.1, -0.05) is 30.9 Å². The minimum atomic E-state index is -0.648. The van der Waals surface area contributed by atoms with Crippen LogP contribution in [0.3, 0.4) is 0 Å². The van der Waals surface area contributed by atoms with Gasteiger partial charge in [0.25, 0.3) is 0 Å². The molecule has 0 fully saturated rings. The second kappa shape index (κ2) is 3.44. The maximum atomic E-state index is 10.9. The van der Waals surface area contributed by atoms with Crippen molar-refractivity contribution in [3.8, 4) is 0 Å². The van der Waals surface area contributed by atoms with Gasteiger partial charge in [0.1, 0.15) is 5.56 Å². The van der Waals surface area contributed by atoms with E-state index in [1.165, 1.54) is 0 Å². The normalized spacial score (nSPS) is 8.58. The van der Waals surface area contributed by atoms with Gasteiger partial charge in [0, 0.05) is 0 Å². The summed E-state index contributed by atoms with van der Waals surface area (Å²) in [5.74, 6) is -0.648. The van der Waals surface area contributed by atoms with E-state index in [-0.39, 0.29) is 0 Å². The van der Waals surface area contributed by atoms with Gasteiger partial charge in [-0.25, -0.2) is 0 Å². The zero-order valence-corrected chi connectivity index (χ0v) is 6.40. The molecule has 1 aromatic carbocycles. The van der Waals surface area contributed by atoms with Gasteiger partial charge in [0.2, 0.25) is 10.4 Å². The molecule has 0 spiro atoms. The standard InChI is InChI=1S/C9H7N2O/c1-2-7-5-3-4-6-8(7)9(12)11-10/h2-6H,1H2/q+1. The Bertz CT molecular complexity index is 363. The Morgan fingerprint density at radius 1 is 1.50 bits per heavy atom. The molecule has 0 atom stereocenters. The maximum Gasteiger partial charge on any atom is 0.593 e. The van der Waals surface area contributed by atoms with Crippen molar-refractivity contribution in [2.45, 2.75) is 0 Å². The molecular formula is C9H7N2O+. The second-order valence-corrected chi connectivity index (χ2v) is 2.20. The summed E-state index contributed by atoms with van der Waals surface area (Å²) in [6, 6.07) is 6.79. The summed E-state index contributed by atoms with van der Waals surface area (Å²) < 4.78 is 0. The third-order valence-corrected chi connectivity index (χ3v) is 1.50. The minimum Gasteiger partial charge on any atom is -0.193 e. The van der Waals surface area contributed by atoms with Crippen LogP contribution in [-0.2, 0) is 0 Å². The Kier molecular flexibility index (Phi) is 2.34. The van der Waals surface area contributed by atoms with Crippen LogP contribution in [0.25, 0.3) is 11.1 Å². The molecule has 3 nitrogen and oxygen atoms in total. The lowest BCUT2D eigenvalue weighted by molar-refractivity contribution is 0.104. The molecule has 0 aliphatic heterocycles. The van der Waals surface area contributed by atoms with E-state index in [4.69, 9.17) is 5.39 Å². The Morgan fingerprint density at radius 2 is 2.17 bits per heavy atom. The number of hydrogen-bond donors (Lipinski definition) is 0. The number of rotatable bonds is 2. The average molecular weight is 159 g/mol. The van der Waals surface area contributed by atoms with Gasteiger partial charge in [-0.2, -0.15) is 4.79 Å². The molecule has 0 heterocycles. The Balaban J connectivity index is 3.24. The first-order valence-corrected chi connectivity index (χ1v) is 3.40. The number of nitrogens with zero attached hydrogens (tertiary/aromatic N) is 2. The summed E-state index contributed by atoms with van der Waals surface area (Å²) in [5.41, 5.74) is 1.02. The van der Waals surface area contributed by atoms with E-state index in [1.807, 2.05) is 0 Å². The number of amides is 1. The van der Waals surface area contributed by atoms with Gasteiger partial charge in [-0.3, -0.25) is 0 Å². The summed E-state index contributed by atoms with van der Waals surface area (Å²) in [6.07, 6.45) is 1.54. The third kappa shape index (κ3) is 1.38. The van der Waals surface area contributed by atoms with Gasteiger partial charge in [-0.15, -0.1) is 0 Å². The highest BCUT2D eigenvalue weighted by Gasteiger charge is 2.20. The van der Waals surface area contributed by atoms with Crippen LogP contribution in [-0.4, -0.2) is 5.91 Å². The number of carbonyl (C=O) groups excluding carboxylic acids is 1. The summed E-state index contributed by atoms with van der Waals surface area (Å²) in [5, 5.41) is 8.25. The smallest absolute Gasteiger partial charge is 0.193 e. The van der Waals surface area contributed by atoms with Crippen molar-refractivity contribution >= 4 is 12.0 Å². The molecule has 0 N–H and O–H groups in total. The predicted octanol–water partition coefficient (Wildman–Crippen LogP) is 2.32. The van der Waals surface area contributed by atoms with E-state index in [1.54, 1.807) is 30.3 Å². The van der Waals surface area contributed by atoms with Gasteiger partial charge in [0.05, 0.1) is 0 Å². The fourth-order valence-electron chi connectivity index (χ4n) is 0.924. The van der Waals surface area contributed by atoms with Crippen LogP contribution in [0.15, 0.2) is 30.8 Å². The highest BCUT2D eigenvalue weighted by Crippen LogP contribution is 2.10. The number of benzene rings is 1. The highest BCUT2D eigenvalue weighted by molar-refractivity contribution is 6.03. The van der Waals surface area contributed by atoms with Gasteiger partial charge in [0.15, 0.2) is 0 Å². The van der Waals surface area contributed by atoms with E-state index in [2.05, 4.69) is 11.6 Å². The zero-order valence-electron chi connectivity index (χ0n) is 6.40. The summed E-state index contributed by atoms with van der Waals surface area (Å²) in [4.78, 5) is 13.5. The Labute approximate surface area is 70.0 Å². The molecule has 0 aliphatic carbocycles. The van der Waals surface area contributed by atoms with Gasteiger partial charge < -0.3 is 0 Å². The zero-order chi connectivity index (χ0) is 8.97. The van der Waals surface area contributed by atoms with E-state index in [0.29, 0.717) is 11.1 Å². The molecule has 58 valence electrons. The van der Waals surface area contributed by atoms with Crippen molar-refractivity contribution in [1.82, 2.24) is 0 Å². The summed E-state index contributed by atoms with van der Waals surface area (Å²) in [6.45, 7) is 3.53. The number of carbonyl (C=O) groups is 1. The monoisotopic (exact) mass is 159 g/mol. The first kappa shape index (κ1) is 8.15. The minimum absolute atomic E-state index is 0.356. The molecule has 0 unspecified atom stereocenters. The molecule has 12 heavy (non-hydrogen) atoms. The molecular weight excluding hydrogens is 152 g/mol. The first-order valence-electron chi connectivity index (χ1n) is 3.40. The SMILES string of the molecule is C=Cc1ccccc1C(=O)[N+]#N. The quantitative estimate of drug-likeness (QED) is 0.621. The van der Waals surface area contributed by atoms with Crippen molar-refractivity contribution in [3.05, 3.63) is 46.9 Å². The fraction of sp³-hybridized carbons (Fsp3) is 0. The van der Waals surface area contributed by atoms with Crippen LogP contribution in [0, 0.1) is 5.39 Å². The van der Waals surface area contributed by atoms with Crippen LogP contribution in [0.1, 0.15) is 15.9 Å². The molecule has 1 amide bonds. The molecule has 1 aromatic rings. The van der Waals surface area contributed by atoms with E-state index in [0.717, 1.165) is 0 Å². The van der Waals surface area contributed by atoms with E-state index in [9.17, 15) is 4.79 Å². The Morgan fingerprint density at radius 3 is 2.75 bits per heavy atom. The average Bonchev–Trinajstić information content (AvgIpc) is 2.16. The van der Waals surface area contributed by atoms with Crippen LogP contribution in [0.4, 0.5) is 0 Å². The van der Waals surface area contributed by atoms with Crippen LogP contribution in [0.2, 0.25) is 0 Å². The lowest BCUT2D eigenvalue weighted by Crippen LogP contribution is -1.94. The lowest BCUT2D eigenvalue weighted by Gasteiger charge is -1.91. The molecule has 3 heteroatoms. The van der Waals surface area contributed by atoms with Gasteiger partial charge >= 0.3 is 5.91 Å². The molecule has 0 radical (unpaired) electrons. The molecule has 0 aliphatic rings. The van der Waals surface area contributed by atoms with Crippen molar-refractivity contribution < 1.29 is 4.79 Å². The van der Waals surface area contributed by atoms with Crippen molar-refractivity contribution in [2.75, 3.05) is 0 Å². The first-order chi connectivity index (χ1) is 5.79. The van der Waals surface area contributed by atoms with Crippen LogP contribution >= 0.6 is 0 Å². The lowest BCUT2D eigenvalue weighted by atomic mass is 10.1. The predicted molar refractivity (Wildman–Crippen MR) is 45.9 cm³/mol. The summed E-state index contributed by atoms with van der Waals surface area (Å²) >= 11 is 0. The molecule has 0 saturated carbocycles. The maximum absolute atomic E-state index is 10.9. The largest absolute Gasteiger partial charge is 0.593 e. The van der Waals surface area contributed by atoms with Gasteiger partial charge in [-0.05, 0) is 11.6 Å². The second-order valence-electron chi connectivity index (χ2n) is 2.20. The van der Waals surface area contributed by atoms with E-state index >= 15 is 0 Å². The Hall–Kier alpha value is -1.95. The van der Waals surface area contributed by atoms with Crippen LogP contribution < -0.4 is 0 Å². The molecule has 1 rings (SSSR count). The molecule has 0 bridgehead atoms. The molecule has 0 saturated heterocycles. The topological polar surface area (TPSA) is 45.2 Å². The highest BCUT2D eigenvalue weighted by atomic mass is 16.1. The number of diazo groups is 1. The fourth-order valence-corrected chi connectivity index (χ4v) is 0.924. The van der Waals surface area contributed by atoms with E-state index < -0.39 is 5.91 Å². The molecule has 0 aromatic heterocycles. The number of hydrogen-bond acceptors (Lipinski definition) is 2.